The third-order valence-corrected chi connectivity index (χ3v) is 3.69. The maximum atomic E-state index is 5.96. The highest BCUT2D eigenvalue weighted by molar-refractivity contribution is 9.10. The fraction of sp³-hybridized carbons (Fsp3) is 0.154. The molecule has 0 aliphatic carbocycles. The molecule has 0 aliphatic rings. The number of hydrogen-bond donors (Lipinski definition) is 0. The molecule has 0 spiro atoms. The summed E-state index contributed by atoms with van der Waals surface area (Å²) in [6.07, 6.45) is 6.42. The number of allylic oxidation sites excluding steroid dienone is 1. The largest absolute Gasteiger partial charge is 0.331 e. The van der Waals surface area contributed by atoms with Crippen molar-refractivity contribution in [3.63, 3.8) is 0 Å². The Hall–Kier alpha value is -1.06. The lowest BCUT2D eigenvalue weighted by atomic mass is 10.1. The van der Waals surface area contributed by atoms with E-state index < -0.39 is 0 Å². The highest BCUT2D eigenvalue weighted by Gasteiger charge is 2.05. The third-order valence-electron chi connectivity index (χ3n) is 2.47. The van der Waals surface area contributed by atoms with Gasteiger partial charge in [0, 0.05) is 29.8 Å². The number of hydrogen-bond acceptors (Lipinski definition) is 1. The van der Waals surface area contributed by atoms with E-state index >= 15 is 0 Å². The summed E-state index contributed by atoms with van der Waals surface area (Å²) in [4.78, 5) is 4.35. The number of benzene rings is 1. The van der Waals surface area contributed by atoms with E-state index in [-0.39, 0.29) is 0 Å². The molecule has 0 radical (unpaired) electrons. The van der Waals surface area contributed by atoms with Crippen molar-refractivity contribution >= 4 is 27.5 Å². The van der Waals surface area contributed by atoms with Crippen LogP contribution < -0.4 is 0 Å². The molecule has 2 rings (SSSR count). The molecule has 2 aromatic rings. The van der Waals surface area contributed by atoms with E-state index in [4.69, 9.17) is 11.6 Å². The first-order valence-electron chi connectivity index (χ1n) is 5.25. The SMILES string of the molecule is C=CCn1ccnc1Cc1ccc(Cl)c(Br)c1. The van der Waals surface area contributed by atoms with Crippen LogP contribution in [-0.2, 0) is 13.0 Å². The first-order chi connectivity index (χ1) is 8.20. The van der Waals surface area contributed by atoms with Crippen LogP contribution in [0, 0.1) is 0 Å². The number of nitrogens with zero attached hydrogens (tertiary/aromatic N) is 2. The molecule has 1 heterocycles. The van der Waals surface area contributed by atoms with E-state index in [1.54, 1.807) is 0 Å². The summed E-state index contributed by atoms with van der Waals surface area (Å²) in [5.41, 5.74) is 1.18. The minimum Gasteiger partial charge on any atom is -0.331 e. The zero-order valence-corrected chi connectivity index (χ0v) is 11.6. The lowest BCUT2D eigenvalue weighted by Gasteiger charge is -2.06. The zero-order valence-electron chi connectivity index (χ0n) is 9.24. The highest BCUT2D eigenvalue weighted by atomic mass is 79.9. The van der Waals surface area contributed by atoms with Crippen LogP contribution in [-0.4, -0.2) is 9.55 Å². The maximum Gasteiger partial charge on any atom is 0.113 e. The predicted molar refractivity (Wildman–Crippen MR) is 74.4 cm³/mol. The van der Waals surface area contributed by atoms with Gasteiger partial charge in [0.05, 0.1) is 5.02 Å². The number of rotatable bonds is 4. The van der Waals surface area contributed by atoms with Crippen LogP contribution in [0.4, 0.5) is 0 Å². The smallest absolute Gasteiger partial charge is 0.113 e. The number of aromatic nitrogens is 2. The Morgan fingerprint density at radius 1 is 1.47 bits per heavy atom. The topological polar surface area (TPSA) is 17.8 Å². The van der Waals surface area contributed by atoms with E-state index in [0.717, 1.165) is 28.3 Å². The fourth-order valence-corrected chi connectivity index (χ4v) is 2.19. The summed E-state index contributed by atoms with van der Waals surface area (Å²) >= 11 is 9.39. The summed E-state index contributed by atoms with van der Waals surface area (Å²) < 4.78 is 2.99. The van der Waals surface area contributed by atoms with Gasteiger partial charge in [0.1, 0.15) is 5.82 Å². The molecule has 0 amide bonds. The number of halogens is 2. The van der Waals surface area contributed by atoms with E-state index in [1.807, 2.05) is 36.7 Å². The predicted octanol–water partition coefficient (Wildman–Crippen LogP) is 4.08. The average molecular weight is 312 g/mol. The van der Waals surface area contributed by atoms with Crippen LogP contribution >= 0.6 is 27.5 Å². The van der Waals surface area contributed by atoms with Crippen molar-refractivity contribution in [3.8, 4) is 0 Å². The monoisotopic (exact) mass is 310 g/mol. The number of imidazole rings is 1. The zero-order chi connectivity index (χ0) is 12.3. The minimum absolute atomic E-state index is 0.725. The molecule has 0 unspecified atom stereocenters. The van der Waals surface area contributed by atoms with Gasteiger partial charge in [0.15, 0.2) is 0 Å². The highest BCUT2D eigenvalue weighted by Crippen LogP contribution is 2.24. The lowest BCUT2D eigenvalue weighted by Crippen LogP contribution is -2.02. The van der Waals surface area contributed by atoms with E-state index in [9.17, 15) is 0 Å². The molecular weight excluding hydrogens is 300 g/mol. The minimum atomic E-state index is 0.725. The van der Waals surface area contributed by atoms with Gasteiger partial charge in [-0.05, 0) is 33.6 Å². The molecule has 0 N–H and O–H groups in total. The van der Waals surface area contributed by atoms with Gasteiger partial charge in [0.25, 0.3) is 0 Å². The molecule has 0 fully saturated rings. The lowest BCUT2D eigenvalue weighted by molar-refractivity contribution is 0.758. The second-order valence-electron chi connectivity index (χ2n) is 3.71. The first kappa shape index (κ1) is 12.4. The first-order valence-corrected chi connectivity index (χ1v) is 6.42. The normalized spacial score (nSPS) is 10.5. The van der Waals surface area contributed by atoms with Crippen LogP contribution in [0.3, 0.4) is 0 Å². The van der Waals surface area contributed by atoms with Crippen molar-refractivity contribution in [2.75, 3.05) is 0 Å². The quantitative estimate of drug-likeness (QED) is 0.778. The van der Waals surface area contributed by atoms with Gasteiger partial charge in [-0.2, -0.15) is 0 Å². The van der Waals surface area contributed by atoms with Crippen molar-refractivity contribution in [2.24, 2.45) is 0 Å². The second kappa shape index (κ2) is 5.52. The molecule has 0 saturated carbocycles. The van der Waals surface area contributed by atoms with Crippen molar-refractivity contribution in [1.29, 1.82) is 0 Å². The molecule has 4 heteroatoms. The van der Waals surface area contributed by atoms with Crippen LogP contribution in [0.5, 0.6) is 0 Å². The van der Waals surface area contributed by atoms with Crippen molar-refractivity contribution in [2.45, 2.75) is 13.0 Å². The molecule has 88 valence electrons. The Morgan fingerprint density at radius 2 is 2.29 bits per heavy atom. The molecule has 0 saturated heterocycles. The fourth-order valence-electron chi connectivity index (χ4n) is 1.64. The maximum absolute atomic E-state index is 5.96. The summed E-state index contributed by atoms with van der Waals surface area (Å²) in [6.45, 7) is 4.52. The Balaban J connectivity index is 2.22. The van der Waals surface area contributed by atoms with Crippen molar-refractivity contribution in [3.05, 3.63) is 64.1 Å². The van der Waals surface area contributed by atoms with Gasteiger partial charge in [0.2, 0.25) is 0 Å². The molecule has 17 heavy (non-hydrogen) atoms. The summed E-state index contributed by atoms with van der Waals surface area (Å²) in [5.74, 6) is 1.03. The molecule has 0 atom stereocenters. The summed E-state index contributed by atoms with van der Waals surface area (Å²) in [6, 6.07) is 5.93. The van der Waals surface area contributed by atoms with E-state index in [0.29, 0.717) is 0 Å². The average Bonchev–Trinajstić information content (AvgIpc) is 2.72. The molecule has 0 aliphatic heterocycles. The van der Waals surface area contributed by atoms with Crippen molar-refractivity contribution < 1.29 is 0 Å². The standard InChI is InChI=1S/C13H12BrClN2/c1-2-6-17-7-5-16-13(17)9-10-3-4-12(15)11(14)8-10/h2-5,7-8H,1,6,9H2. The van der Waals surface area contributed by atoms with Gasteiger partial charge >= 0.3 is 0 Å². The van der Waals surface area contributed by atoms with Gasteiger partial charge in [-0.1, -0.05) is 23.7 Å². The van der Waals surface area contributed by atoms with Gasteiger partial charge < -0.3 is 4.57 Å². The van der Waals surface area contributed by atoms with Crippen LogP contribution in [0.1, 0.15) is 11.4 Å². The summed E-state index contributed by atoms with van der Waals surface area (Å²) in [7, 11) is 0. The van der Waals surface area contributed by atoms with Crippen LogP contribution in [0.15, 0.2) is 47.7 Å². The molecular formula is C13H12BrClN2. The van der Waals surface area contributed by atoms with Crippen LogP contribution in [0.25, 0.3) is 0 Å². The Morgan fingerprint density at radius 3 is 3.00 bits per heavy atom. The van der Waals surface area contributed by atoms with E-state index in [1.165, 1.54) is 5.56 Å². The molecule has 0 bridgehead atoms. The van der Waals surface area contributed by atoms with Gasteiger partial charge in [-0.25, -0.2) is 4.98 Å². The Bertz CT molecular complexity index is 534. The molecule has 2 nitrogen and oxygen atoms in total. The van der Waals surface area contributed by atoms with Gasteiger partial charge in [-0.15, -0.1) is 6.58 Å². The van der Waals surface area contributed by atoms with Crippen molar-refractivity contribution in [1.82, 2.24) is 9.55 Å². The van der Waals surface area contributed by atoms with Crippen LogP contribution in [0.2, 0.25) is 5.02 Å². The van der Waals surface area contributed by atoms with E-state index in [2.05, 4.69) is 32.1 Å². The second-order valence-corrected chi connectivity index (χ2v) is 4.97. The molecule has 1 aromatic carbocycles. The van der Waals surface area contributed by atoms with Gasteiger partial charge in [-0.3, -0.25) is 0 Å². The Kier molecular flexibility index (Phi) is 4.02. The third kappa shape index (κ3) is 2.99. The summed E-state index contributed by atoms with van der Waals surface area (Å²) in [5, 5.41) is 0.725. The Labute approximate surface area is 114 Å². The molecule has 1 aromatic heterocycles.